The smallest absolute Gasteiger partial charge is 0.306 e. The van der Waals surface area contributed by atoms with Crippen molar-refractivity contribution < 1.29 is 19.7 Å². The fourth-order valence-corrected chi connectivity index (χ4v) is 1.09. The summed E-state index contributed by atoms with van der Waals surface area (Å²) in [7, 11) is 0. The number of aliphatic hydroxyl groups is 1. The molecule has 0 aliphatic rings. The Morgan fingerprint density at radius 3 is 2.53 bits per heavy atom. The molecule has 1 atom stereocenters. The molecule has 0 bridgehead atoms. The largest absolute Gasteiger partial charge is 0.491 e. The van der Waals surface area contributed by atoms with Crippen LogP contribution in [0.1, 0.15) is 12.0 Å². The number of carbonyl (C=O) groups is 1. The second kappa shape index (κ2) is 5.36. The first kappa shape index (κ1) is 11.5. The highest BCUT2D eigenvalue weighted by atomic mass is 16.5. The molecule has 82 valence electrons. The zero-order valence-electron chi connectivity index (χ0n) is 8.51. The van der Waals surface area contributed by atoms with E-state index in [4.69, 9.17) is 9.84 Å². The third-order valence-corrected chi connectivity index (χ3v) is 1.87. The van der Waals surface area contributed by atoms with Gasteiger partial charge in [-0.1, -0.05) is 17.7 Å². The van der Waals surface area contributed by atoms with E-state index in [1.165, 1.54) is 0 Å². The first-order valence-electron chi connectivity index (χ1n) is 4.67. The van der Waals surface area contributed by atoms with Crippen LogP contribution in [0.2, 0.25) is 0 Å². The number of hydrogen-bond acceptors (Lipinski definition) is 3. The minimum atomic E-state index is -1.03. The van der Waals surface area contributed by atoms with Gasteiger partial charge in [-0.15, -0.1) is 0 Å². The van der Waals surface area contributed by atoms with Gasteiger partial charge in [0.05, 0.1) is 12.5 Å². The SMILES string of the molecule is Cc1ccc(OCC(O)CC(=O)O)cc1. The standard InChI is InChI=1S/C11H14O4/c1-8-2-4-10(5-3-8)15-7-9(12)6-11(13)14/h2-5,9,12H,6-7H2,1H3,(H,13,14). The second-order valence-electron chi connectivity index (χ2n) is 3.38. The minimum Gasteiger partial charge on any atom is -0.491 e. The molecule has 0 aliphatic carbocycles. The molecule has 2 N–H and O–H groups in total. The van der Waals surface area contributed by atoms with Crippen molar-refractivity contribution in [3.63, 3.8) is 0 Å². The molecule has 4 nitrogen and oxygen atoms in total. The highest BCUT2D eigenvalue weighted by molar-refractivity contribution is 5.67. The molecular weight excluding hydrogens is 196 g/mol. The Kier molecular flexibility index (Phi) is 4.12. The maximum absolute atomic E-state index is 10.3. The normalized spacial score (nSPS) is 12.1. The van der Waals surface area contributed by atoms with Crippen molar-refractivity contribution >= 4 is 5.97 Å². The Bertz CT molecular complexity index is 318. The van der Waals surface area contributed by atoms with E-state index < -0.39 is 12.1 Å². The Balaban J connectivity index is 2.36. The van der Waals surface area contributed by atoms with Crippen LogP contribution in [-0.2, 0) is 4.79 Å². The zero-order chi connectivity index (χ0) is 11.3. The van der Waals surface area contributed by atoms with E-state index in [0.717, 1.165) is 5.56 Å². The summed E-state index contributed by atoms with van der Waals surface area (Å²) in [6, 6.07) is 7.34. The topological polar surface area (TPSA) is 66.8 Å². The number of aliphatic carboxylic acids is 1. The Hall–Kier alpha value is -1.55. The van der Waals surface area contributed by atoms with E-state index in [-0.39, 0.29) is 13.0 Å². The van der Waals surface area contributed by atoms with E-state index in [1.54, 1.807) is 12.1 Å². The maximum atomic E-state index is 10.3. The average molecular weight is 210 g/mol. The van der Waals surface area contributed by atoms with Crippen LogP contribution in [0.4, 0.5) is 0 Å². The molecule has 0 aromatic heterocycles. The van der Waals surface area contributed by atoms with Gasteiger partial charge in [0, 0.05) is 0 Å². The Morgan fingerprint density at radius 2 is 2.00 bits per heavy atom. The van der Waals surface area contributed by atoms with Crippen LogP contribution in [-0.4, -0.2) is 28.9 Å². The molecule has 4 heteroatoms. The van der Waals surface area contributed by atoms with Crippen molar-refractivity contribution in [3.05, 3.63) is 29.8 Å². The van der Waals surface area contributed by atoms with Crippen molar-refractivity contribution in [3.8, 4) is 5.75 Å². The molecule has 0 heterocycles. The number of aliphatic hydroxyl groups excluding tert-OH is 1. The molecule has 0 saturated carbocycles. The van der Waals surface area contributed by atoms with E-state index in [2.05, 4.69) is 0 Å². The van der Waals surface area contributed by atoms with Gasteiger partial charge in [0.25, 0.3) is 0 Å². The highest BCUT2D eigenvalue weighted by Gasteiger charge is 2.09. The fraction of sp³-hybridized carbons (Fsp3) is 0.364. The molecule has 0 amide bonds. The van der Waals surface area contributed by atoms with Crippen molar-refractivity contribution in [2.45, 2.75) is 19.4 Å². The van der Waals surface area contributed by atoms with Crippen LogP contribution >= 0.6 is 0 Å². The zero-order valence-corrected chi connectivity index (χ0v) is 8.51. The van der Waals surface area contributed by atoms with Gasteiger partial charge in [-0.05, 0) is 19.1 Å². The van der Waals surface area contributed by atoms with E-state index in [0.29, 0.717) is 5.75 Å². The predicted octanol–water partition coefficient (Wildman–Crippen LogP) is 1.21. The summed E-state index contributed by atoms with van der Waals surface area (Å²) >= 11 is 0. The number of ether oxygens (including phenoxy) is 1. The quantitative estimate of drug-likeness (QED) is 0.766. The molecule has 0 aliphatic heterocycles. The first-order valence-corrected chi connectivity index (χ1v) is 4.67. The number of carboxylic acid groups (broad SMARTS) is 1. The molecule has 1 aromatic carbocycles. The Labute approximate surface area is 88.1 Å². The lowest BCUT2D eigenvalue weighted by Gasteiger charge is -2.10. The third-order valence-electron chi connectivity index (χ3n) is 1.87. The van der Waals surface area contributed by atoms with Gasteiger partial charge in [0.1, 0.15) is 12.4 Å². The maximum Gasteiger partial charge on any atom is 0.306 e. The van der Waals surface area contributed by atoms with Gasteiger partial charge in [-0.25, -0.2) is 0 Å². The number of carboxylic acids is 1. The second-order valence-corrected chi connectivity index (χ2v) is 3.38. The summed E-state index contributed by atoms with van der Waals surface area (Å²) in [6.07, 6.45) is -1.27. The Morgan fingerprint density at radius 1 is 1.40 bits per heavy atom. The summed E-state index contributed by atoms with van der Waals surface area (Å²) in [5.41, 5.74) is 1.12. The van der Waals surface area contributed by atoms with Gasteiger partial charge in [0.2, 0.25) is 0 Å². The molecule has 1 aromatic rings. The van der Waals surface area contributed by atoms with Crippen LogP contribution < -0.4 is 4.74 Å². The lowest BCUT2D eigenvalue weighted by molar-refractivity contribution is -0.139. The number of aryl methyl sites for hydroxylation is 1. The monoisotopic (exact) mass is 210 g/mol. The first-order chi connectivity index (χ1) is 7.08. The lowest BCUT2D eigenvalue weighted by atomic mass is 10.2. The molecule has 0 spiro atoms. The lowest BCUT2D eigenvalue weighted by Crippen LogP contribution is -2.21. The highest BCUT2D eigenvalue weighted by Crippen LogP contribution is 2.11. The van der Waals surface area contributed by atoms with Crippen LogP contribution in [0.3, 0.4) is 0 Å². The fourth-order valence-electron chi connectivity index (χ4n) is 1.09. The van der Waals surface area contributed by atoms with Crippen LogP contribution in [0, 0.1) is 6.92 Å². The van der Waals surface area contributed by atoms with Gasteiger partial charge in [0.15, 0.2) is 0 Å². The van der Waals surface area contributed by atoms with Crippen molar-refractivity contribution in [2.24, 2.45) is 0 Å². The van der Waals surface area contributed by atoms with Crippen molar-refractivity contribution in [1.82, 2.24) is 0 Å². The summed E-state index contributed by atoms with van der Waals surface area (Å²) in [6.45, 7) is 1.96. The molecular formula is C11H14O4. The summed E-state index contributed by atoms with van der Waals surface area (Å²) in [5, 5.41) is 17.6. The minimum absolute atomic E-state index is 0.00460. The third kappa shape index (κ3) is 4.46. The summed E-state index contributed by atoms with van der Waals surface area (Å²) < 4.78 is 5.21. The van der Waals surface area contributed by atoms with E-state index >= 15 is 0 Å². The number of benzene rings is 1. The van der Waals surface area contributed by atoms with Gasteiger partial charge in [-0.2, -0.15) is 0 Å². The molecule has 1 unspecified atom stereocenters. The number of rotatable bonds is 5. The van der Waals surface area contributed by atoms with Crippen LogP contribution in [0.5, 0.6) is 5.75 Å². The predicted molar refractivity (Wildman–Crippen MR) is 54.9 cm³/mol. The number of hydrogen-bond donors (Lipinski definition) is 2. The van der Waals surface area contributed by atoms with Gasteiger partial charge >= 0.3 is 5.97 Å². The van der Waals surface area contributed by atoms with Crippen molar-refractivity contribution in [2.75, 3.05) is 6.61 Å². The summed E-state index contributed by atoms with van der Waals surface area (Å²) in [4.78, 5) is 10.3. The van der Waals surface area contributed by atoms with Crippen LogP contribution in [0.25, 0.3) is 0 Å². The van der Waals surface area contributed by atoms with Gasteiger partial charge in [-0.3, -0.25) is 4.79 Å². The van der Waals surface area contributed by atoms with Crippen LogP contribution in [0.15, 0.2) is 24.3 Å². The van der Waals surface area contributed by atoms with E-state index in [9.17, 15) is 9.90 Å². The molecule has 0 radical (unpaired) electrons. The molecule has 0 fully saturated rings. The molecule has 15 heavy (non-hydrogen) atoms. The summed E-state index contributed by atoms with van der Waals surface area (Å²) in [5.74, 6) is -0.403. The molecule has 1 rings (SSSR count). The van der Waals surface area contributed by atoms with Gasteiger partial charge < -0.3 is 14.9 Å². The van der Waals surface area contributed by atoms with Crippen molar-refractivity contribution in [1.29, 1.82) is 0 Å². The van der Waals surface area contributed by atoms with E-state index in [1.807, 2.05) is 19.1 Å². The average Bonchev–Trinajstić information content (AvgIpc) is 2.16. The molecule has 0 saturated heterocycles.